The van der Waals surface area contributed by atoms with Crippen LogP contribution >= 0.6 is 11.6 Å². The maximum atomic E-state index is 12.0. The minimum Gasteiger partial charge on any atom is -0.327 e. The van der Waals surface area contributed by atoms with Crippen LogP contribution in [-0.2, 0) is 6.54 Å². The first-order chi connectivity index (χ1) is 10.7. The first kappa shape index (κ1) is 15.9. The molecule has 0 heterocycles. The lowest BCUT2D eigenvalue weighted by molar-refractivity contribution is 0.208. The van der Waals surface area contributed by atoms with E-state index in [0.29, 0.717) is 18.1 Å². The quantitative estimate of drug-likeness (QED) is 0.864. The van der Waals surface area contributed by atoms with Crippen molar-refractivity contribution in [2.45, 2.75) is 6.54 Å². The Kier molecular flexibility index (Phi) is 5.88. The smallest absolute Gasteiger partial charge is 0.318 e. The molecule has 0 spiro atoms. The molecule has 0 radical (unpaired) electrons. The van der Waals surface area contributed by atoms with Crippen LogP contribution in [0, 0.1) is 11.8 Å². The summed E-state index contributed by atoms with van der Waals surface area (Å²) in [6.45, 7) is 0.762. The predicted octanol–water partition coefficient (Wildman–Crippen LogP) is 3.53. The zero-order valence-electron chi connectivity index (χ0n) is 12.3. The van der Waals surface area contributed by atoms with Crippen LogP contribution in [-0.4, -0.2) is 24.5 Å². The Labute approximate surface area is 135 Å². The number of hydrogen-bond acceptors (Lipinski definition) is 1. The van der Waals surface area contributed by atoms with E-state index < -0.39 is 0 Å². The Morgan fingerprint density at radius 1 is 1.14 bits per heavy atom. The Morgan fingerprint density at radius 2 is 1.82 bits per heavy atom. The van der Waals surface area contributed by atoms with Gasteiger partial charge in [0.1, 0.15) is 0 Å². The molecule has 112 valence electrons. The second-order valence-electron chi connectivity index (χ2n) is 4.77. The molecule has 2 aromatic carbocycles. The highest BCUT2D eigenvalue weighted by molar-refractivity contribution is 6.31. The third kappa shape index (κ3) is 4.83. The normalized spacial score (nSPS) is 9.55. The van der Waals surface area contributed by atoms with Crippen molar-refractivity contribution in [3.63, 3.8) is 0 Å². The Bertz CT molecular complexity index is 689. The zero-order valence-corrected chi connectivity index (χ0v) is 13.1. The molecule has 0 saturated heterocycles. The second-order valence-corrected chi connectivity index (χ2v) is 5.18. The fraction of sp³-hybridized carbons (Fsp3) is 0.167. The van der Waals surface area contributed by atoms with Gasteiger partial charge in [-0.3, -0.25) is 0 Å². The number of carbonyl (C=O) groups is 1. The molecule has 0 saturated carbocycles. The second kappa shape index (κ2) is 8.11. The molecule has 2 aromatic rings. The fourth-order valence-electron chi connectivity index (χ4n) is 1.88. The van der Waals surface area contributed by atoms with Crippen LogP contribution in [0.4, 0.5) is 4.79 Å². The Balaban J connectivity index is 1.82. The van der Waals surface area contributed by atoms with Crippen LogP contribution in [0.2, 0.25) is 5.02 Å². The lowest BCUT2D eigenvalue weighted by Crippen LogP contribution is -2.37. The molecule has 3 nitrogen and oxygen atoms in total. The Morgan fingerprint density at radius 3 is 2.55 bits per heavy atom. The number of nitrogens with one attached hydrogen (secondary N) is 1. The maximum Gasteiger partial charge on any atom is 0.318 e. The molecule has 2 rings (SSSR count). The van der Waals surface area contributed by atoms with Gasteiger partial charge in [0.05, 0.1) is 6.54 Å². The third-order valence-electron chi connectivity index (χ3n) is 3.05. The first-order valence-electron chi connectivity index (χ1n) is 6.93. The number of halogens is 1. The highest BCUT2D eigenvalue weighted by Crippen LogP contribution is 2.16. The first-order valence-corrected chi connectivity index (χ1v) is 7.31. The van der Waals surface area contributed by atoms with Gasteiger partial charge in [0.15, 0.2) is 0 Å². The summed E-state index contributed by atoms with van der Waals surface area (Å²) in [5.74, 6) is 5.92. The average molecular weight is 313 g/mol. The van der Waals surface area contributed by atoms with E-state index >= 15 is 0 Å². The van der Waals surface area contributed by atoms with E-state index in [-0.39, 0.29) is 6.03 Å². The molecule has 0 atom stereocenters. The van der Waals surface area contributed by atoms with Crippen molar-refractivity contribution in [2.24, 2.45) is 0 Å². The zero-order chi connectivity index (χ0) is 15.8. The summed E-state index contributed by atoms with van der Waals surface area (Å²) in [6, 6.07) is 17.0. The molecule has 0 aliphatic rings. The minimum absolute atomic E-state index is 0.178. The van der Waals surface area contributed by atoms with Crippen LogP contribution in [0.25, 0.3) is 0 Å². The van der Waals surface area contributed by atoms with Crippen LogP contribution in [0.15, 0.2) is 54.6 Å². The molecule has 0 unspecified atom stereocenters. The van der Waals surface area contributed by atoms with Gasteiger partial charge in [-0.1, -0.05) is 59.8 Å². The summed E-state index contributed by atoms with van der Waals surface area (Å²) >= 11 is 6.09. The van der Waals surface area contributed by atoms with Crippen LogP contribution < -0.4 is 5.32 Å². The van der Waals surface area contributed by atoms with Gasteiger partial charge in [-0.05, 0) is 23.8 Å². The van der Waals surface area contributed by atoms with Crippen molar-refractivity contribution < 1.29 is 4.79 Å². The molecule has 1 N–H and O–H groups in total. The molecule has 2 amide bonds. The predicted molar refractivity (Wildman–Crippen MR) is 89.6 cm³/mol. The third-order valence-corrected chi connectivity index (χ3v) is 3.42. The minimum atomic E-state index is -0.178. The molecule has 0 bridgehead atoms. The summed E-state index contributed by atoms with van der Waals surface area (Å²) in [4.78, 5) is 13.5. The van der Waals surface area contributed by atoms with Gasteiger partial charge in [0.25, 0.3) is 0 Å². The van der Waals surface area contributed by atoms with Crippen LogP contribution in [0.5, 0.6) is 0 Å². The lowest BCUT2D eigenvalue weighted by atomic mass is 10.2. The van der Waals surface area contributed by atoms with E-state index in [1.165, 1.54) is 0 Å². The van der Waals surface area contributed by atoms with Gasteiger partial charge in [-0.25, -0.2) is 4.79 Å². The Hall–Kier alpha value is -2.44. The van der Waals surface area contributed by atoms with E-state index in [0.717, 1.165) is 11.1 Å². The molecular weight excluding hydrogens is 296 g/mol. The largest absolute Gasteiger partial charge is 0.327 e. The summed E-state index contributed by atoms with van der Waals surface area (Å²) < 4.78 is 0. The summed E-state index contributed by atoms with van der Waals surface area (Å²) in [6.07, 6.45) is 0. The standard InChI is InChI=1S/C18H17ClN2O/c1-21(14-16-11-5-6-12-17(16)19)18(22)20-13-7-10-15-8-3-2-4-9-15/h2-6,8-9,11-12H,13-14H2,1H3,(H,20,22). The van der Waals surface area contributed by atoms with Gasteiger partial charge >= 0.3 is 6.03 Å². The number of benzene rings is 2. The van der Waals surface area contributed by atoms with Crippen molar-refractivity contribution in [3.8, 4) is 11.8 Å². The fourth-order valence-corrected chi connectivity index (χ4v) is 2.07. The van der Waals surface area contributed by atoms with Gasteiger partial charge in [-0.2, -0.15) is 0 Å². The summed E-state index contributed by atoms with van der Waals surface area (Å²) in [7, 11) is 1.73. The van der Waals surface area contributed by atoms with Crippen molar-refractivity contribution >= 4 is 17.6 Å². The van der Waals surface area contributed by atoms with Crippen LogP contribution in [0.3, 0.4) is 0 Å². The molecule has 0 aliphatic heterocycles. The van der Waals surface area contributed by atoms with E-state index in [4.69, 9.17) is 11.6 Å². The number of carbonyl (C=O) groups excluding carboxylic acids is 1. The molecule has 22 heavy (non-hydrogen) atoms. The monoisotopic (exact) mass is 312 g/mol. The van der Waals surface area contributed by atoms with Crippen molar-refractivity contribution in [3.05, 3.63) is 70.7 Å². The topological polar surface area (TPSA) is 32.3 Å². The highest BCUT2D eigenvalue weighted by Gasteiger charge is 2.09. The molecule has 0 fully saturated rings. The van der Waals surface area contributed by atoms with E-state index in [1.54, 1.807) is 11.9 Å². The van der Waals surface area contributed by atoms with Crippen molar-refractivity contribution in [1.29, 1.82) is 0 Å². The molecular formula is C18H17ClN2O. The molecule has 0 aromatic heterocycles. The van der Waals surface area contributed by atoms with E-state index in [1.807, 2.05) is 54.6 Å². The van der Waals surface area contributed by atoms with E-state index in [2.05, 4.69) is 17.2 Å². The van der Waals surface area contributed by atoms with Gasteiger partial charge in [0, 0.05) is 24.2 Å². The van der Waals surface area contributed by atoms with Gasteiger partial charge in [0.2, 0.25) is 0 Å². The van der Waals surface area contributed by atoms with Gasteiger partial charge < -0.3 is 10.2 Å². The maximum absolute atomic E-state index is 12.0. The number of amides is 2. The summed E-state index contributed by atoms with van der Waals surface area (Å²) in [5, 5.41) is 3.42. The van der Waals surface area contributed by atoms with Crippen LogP contribution in [0.1, 0.15) is 11.1 Å². The average Bonchev–Trinajstić information content (AvgIpc) is 2.54. The summed E-state index contributed by atoms with van der Waals surface area (Å²) in [5.41, 5.74) is 1.85. The van der Waals surface area contributed by atoms with Crippen molar-refractivity contribution in [2.75, 3.05) is 13.6 Å². The number of nitrogens with zero attached hydrogens (tertiary/aromatic N) is 1. The molecule has 0 aliphatic carbocycles. The van der Waals surface area contributed by atoms with E-state index in [9.17, 15) is 4.79 Å². The number of urea groups is 1. The number of hydrogen-bond donors (Lipinski definition) is 1. The van der Waals surface area contributed by atoms with Crippen molar-refractivity contribution in [1.82, 2.24) is 10.2 Å². The lowest BCUT2D eigenvalue weighted by Gasteiger charge is -2.17. The SMILES string of the molecule is CN(Cc1ccccc1Cl)C(=O)NCC#Cc1ccccc1. The molecule has 4 heteroatoms. The number of rotatable bonds is 3. The highest BCUT2D eigenvalue weighted by atomic mass is 35.5. The van der Waals surface area contributed by atoms with Gasteiger partial charge in [-0.15, -0.1) is 0 Å².